The molecule has 0 bridgehead atoms. The van der Waals surface area contributed by atoms with E-state index in [0.29, 0.717) is 6.54 Å². The van der Waals surface area contributed by atoms with E-state index in [1.54, 1.807) is 4.90 Å². The van der Waals surface area contributed by atoms with Gasteiger partial charge in [-0.25, -0.2) is 0 Å². The molecule has 1 aliphatic rings. The van der Waals surface area contributed by atoms with Crippen LogP contribution >= 0.6 is 0 Å². The molecule has 5 nitrogen and oxygen atoms in total. The number of ketones is 1. The van der Waals surface area contributed by atoms with Gasteiger partial charge in [0.1, 0.15) is 0 Å². The fourth-order valence-corrected chi connectivity index (χ4v) is 3.79. The third-order valence-electron chi connectivity index (χ3n) is 5.33. The lowest BCUT2D eigenvalue weighted by Crippen LogP contribution is -2.35. The van der Waals surface area contributed by atoms with Gasteiger partial charge in [-0.15, -0.1) is 0 Å². The highest BCUT2D eigenvalue weighted by Crippen LogP contribution is 2.37. The largest absolute Gasteiger partial charge is 0.503 e. The molecule has 1 atom stereocenters. The van der Waals surface area contributed by atoms with Crippen molar-refractivity contribution in [3.63, 3.8) is 0 Å². The maximum absolute atomic E-state index is 12.7. The van der Waals surface area contributed by atoms with Crippen molar-refractivity contribution in [3.05, 3.63) is 47.2 Å². The second kappa shape index (κ2) is 11.0. The van der Waals surface area contributed by atoms with Crippen molar-refractivity contribution >= 4 is 11.7 Å². The summed E-state index contributed by atoms with van der Waals surface area (Å²) in [5.41, 5.74) is 1.07. The van der Waals surface area contributed by atoms with Gasteiger partial charge in [-0.3, -0.25) is 9.59 Å². The zero-order valence-corrected chi connectivity index (χ0v) is 17.5. The highest BCUT2D eigenvalue weighted by Gasteiger charge is 2.41. The van der Waals surface area contributed by atoms with Gasteiger partial charge in [0.15, 0.2) is 11.5 Å². The number of nitrogens with zero attached hydrogens (tertiary/aromatic N) is 2. The molecule has 1 amide bonds. The third-order valence-corrected chi connectivity index (χ3v) is 5.33. The molecular weight excluding hydrogens is 352 g/mol. The Morgan fingerprint density at radius 1 is 1.04 bits per heavy atom. The van der Waals surface area contributed by atoms with E-state index in [-0.39, 0.29) is 11.4 Å². The van der Waals surface area contributed by atoms with Crippen LogP contribution in [0.4, 0.5) is 0 Å². The molecule has 1 aliphatic heterocycles. The fourth-order valence-electron chi connectivity index (χ4n) is 3.79. The molecule has 0 saturated carbocycles. The Kier molecular flexibility index (Phi) is 8.71. The number of benzene rings is 1. The lowest BCUT2D eigenvalue weighted by atomic mass is 9.97. The number of hydrogen-bond acceptors (Lipinski definition) is 4. The molecule has 0 radical (unpaired) electrons. The van der Waals surface area contributed by atoms with E-state index in [2.05, 4.69) is 18.7 Å². The Morgan fingerprint density at radius 3 is 2.14 bits per heavy atom. The average Bonchev–Trinajstić information content (AvgIpc) is 2.95. The van der Waals surface area contributed by atoms with Crippen molar-refractivity contribution in [1.82, 2.24) is 9.80 Å². The van der Waals surface area contributed by atoms with Crippen molar-refractivity contribution in [2.45, 2.75) is 58.9 Å². The number of aliphatic hydroxyl groups is 1. The van der Waals surface area contributed by atoms with Crippen molar-refractivity contribution < 1.29 is 14.7 Å². The highest BCUT2D eigenvalue weighted by molar-refractivity contribution is 6.08. The summed E-state index contributed by atoms with van der Waals surface area (Å²) < 4.78 is 0. The zero-order valence-electron chi connectivity index (χ0n) is 17.5. The van der Waals surface area contributed by atoms with Crippen LogP contribution in [0.5, 0.6) is 0 Å². The first kappa shape index (κ1) is 22.2. The molecule has 1 heterocycles. The first-order valence-corrected chi connectivity index (χ1v) is 10.5. The summed E-state index contributed by atoms with van der Waals surface area (Å²) in [6.45, 7) is 9.40. The Morgan fingerprint density at radius 2 is 1.61 bits per heavy atom. The molecule has 0 aromatic heterocycles. The molecule has 28 heavy (non-hydrogen) atoms. The summed E-state index contributed by atoms with van der Waals surface area (Å²) in [6, 6.07) is 9.00. The summed E-state index contributed by atoms with van der Waals surface area (Å²) >= 11 is 0. The number of amides is 1. The van der Waals surface area contributed by atoms with Crippen LogP contribution in [0.1, 0.15) is 64.5 Å². The fraction of sp³-hybridized carbons (Fsp3) is 0.565. The summed E-state index contributed by atoms with van der Waals surface area (Å²) in [7, 11) is 0. The van der Waals surface area contributed by atoms with E-state index in [4.69, 9.17) is 0 Å². The number of rotatable bonds is 12. The number of carbonyl (C=O) groups is 2. The van der Waals surface area contributed by atoms with Gasteiger partial charge in [0.05, 0.1) is 11.6 Å². The summed E-state index contributed by atoms with van der Waals surface area (Å²) in [5.74, 6) is -1.09. The first-order chi connectivity index (χ1) is 13.5. The number of Topliss-reactive ketones (excluding diaryl/α,β-unsaturated/α-hetero) is 1. The van der Waals surface area contributed by atoms with Crippen LogP contribution in [0.2, 0.25) is 0 Å². The third kappa shape index (κ3) is 5.44. The lowest BCUT2D eigenvalue weighted by Gasteiger charge is -2.28. The molecule has 0 saturated heterocycles. The Bertz CT molecular complexity index is 676. The molecule has 0 aliphatic carbocycles. The molecular formula is C23H34N2O3. The van der Waals surface area contributed by atoms with Gasteiger partial charge < -0.3 is 14.9 Å². The minimum atomic E-state index is -0.495. The van der Waals surface area contributed by atoms with E-state index >= 15 is 0 Å². The summed E-state index contributed by atoms with van der Waals surface area (Å²) in [5, 5.41) is 10.3. The lowest BCUT2D eigenvalue weighted by molar-refractivity contribution is -0.129. The van der Waals surface area contributed by atoms with E-state index in [1.165, 1.54) is 32.6 Å². The molecule has 0 fully saturated rings. The molecule has 5 heteroatoms. The van der Waals surface area contributed by atoms with Crippen molar-refractivity contribution in [1.29, 1.82) is 0 Å². The van der Waals surface area contributed by atoms with Gasteiger partial charge in [-0.05, 0) is 51.4 Å². The second-order valence-corrected chi connectivity index (χ2v) is 7.53. The molecule has 0 spiro atoms. The van der Waals surface area contributed by atoms with Crippen LogP contribution in [0.15, 0.2) is 41.7 Å². The number of hydrogen-bond donors (Lipinski definition) is 1. The Labute approximate surface area is 169 Å². The quantitative estimate of drug-likeness (QED) is 0.583. The van der Waals surface area contributed by atoms with Crippen LogP contribution in [0.25, 0.3) is 0 Å². The molecule has 1 N–H and O–H groups in total. The Balaban J connectivity index is 2.10. The minimum absolute atomic E-state index is 0.213. The van der Waals surface area contributed by atoms with E-state index in [9.17, 15) is 14.7 Å². The monoisotopic (exact) mass is 386 g/mol. The van der Waals surface area contributed by atoms with Gasteiger partial charge in [0.25, 0.3) is 5.91 Å². The maximum atomic E-state index is 12.7. The SMILES string of the molecule is CCCCN(CCCC)CCCN1C(=O)C(O)=C(C(C)=O)C1c1ccccc1. The van der Waals surface area contributed by atoms with E-state index in [1.807, 2.05) is 30.3 Å². The number of aliphatic hydroxyl groups excluding tert-OH is 1. The average molecular weight is 387 g/mol. The predicted molar refractivity (Wildman–Crippen MR) is 112 cm³/mol. The van der Waals surface area contributed by atoms with Crippen molar-refractivity contribution in [2.75, 3.05) is 26.2 Å². The number of carbonyl (C=O) groups excluding carboxylic acids is 2. The molecule has 154 valence electrons. The topological polar surface area (TPSA) is 60.9 Å². The van der Waals surface area contributed by atoms with Gasteiger partial charge in [0.2, 0.25) is 0 Å². The standard InChI is InChI=1S/C23H34N2O3/c1-4-6-14-24(15-7-5-2)16-11-17-25-21(19-12-9-8-10-13-19)20(18(3)26)22(27)23(25)28/h8-10,12-13,21,27H,4-7,11,14-17H2,1-3H3. The first-order valence-electron chi connectivity index (χ1n) is 10.5. The molecule has 1 aromatic rings. The Hall–Kier alpha value is -2.14. The smallest absolute Gasteiger partial charge is 0.290 e. The van der Waals surface area contributed by atoms with Gasteiger partial charge in [0, 0.05) is 6.54 Å². The zero-order chi connectivity index (χ0) is 20.5. The normalized spacial score (nSPS) is 17.1. The number of unbranched alkanes of at least 4 members (excludes halogenated alkanes) is 2. The second-order valence-electron chi connectivity index (χ2n) is 7.53. The van der Waals surface area contributed by atoms with Crippen LogP contribution in [0, 0.1) is 0 Å². The van der Waals surface area contributed by atoms with Gasteiger partial charge in [-0.2, -0.15) is 0 Å². The molecule has 1 unspecified atom stereocenters. The molecule has 1 aromatic carbocycles. The summed E-state index contributed by atoms with van der Waals surface area (Å²) in [4.78, 5) is 28.9. The van der Waals surface area contributed by atoms with E-state index < -0.39 is 17.7 Å². The van der Waals surface area contributed by atoms with Crippen molar-refractivity contribution in [2.24, 2.45) is 0 Å². The van der Waals surface area contributed by atoms with Crippen LogP contribution in [-0.4, -0.2) is 52.8 Å². The van der Waals surface area contributed by atoms with Crippen molar-refractivity contribution in [3.8, 4) is 0 Å². The van der Waals surface area contributed by atoms with Crippen LogP contribution < -0.4 is 0 Å². The predicted octanol–water partition coefficient (Wildman–Crippen LogP) is 4.26. The molecule has 2 rings (SSSR count). The van der Waals surface area contributed by atoms with Gasteiger partial charge >= 0.3 is 0 Å². The van der Waals surface area contributed by atoms with E-state index in [0.717, 1.165) is 31.6 Å². The summed E-state index contributed by atoms with van der Waals surface area (Å²) in [6.07, 6.45) is 5.51. The maximum Gasteiger partial charge on any atom is 0.290 e. The van der Waals surface area contributed by atoms with Crippen LogP contribution in [-0.2, 0) is 9.59 Å². The van der Waals surface area contributed by atoms with Crippen LogP contribution in [0.3, 0.4) is 0 Å². The highest BCUT2D eigenvalue weighted by atomic mass is 16.3. The minimum Gasteiger partial charge on any atom is -0.503 e. The van der Waals surface area contributed by atoms with Gasteiger partial charge in [-0.1, -0.05) is 57.0 Å².